The number of amides is 1. The van der Waals surface area contributed by atoms with Gasteiger partial charge in [0.15, 0.2) is 11.3 Å². The number of rotatable bonds is 8. The van der Waals surface area contributed by atoms with Gasteiger partial charge in [-0.2, -0.15) is 5.10 Å². The number of ether oxygens (including phenoxy) is 2. The fraction of sp³-hybridized carbons (Fsp3) is 0.321. The highest BCUT2D eigenvalue weighted by atomic mass is 32.2. The zero-order valence-electron chi connectivity index (χ0n) is 22.3. The van der Waals surface area contributed by atoms with Crippen LogP contribution in [0.5, 0.6) is 11.5 Å². The van der Waals surface area contributed by atoms with Crippen molar-refractivity contribution >= 4 is 27.3 Å². The number of hydrogen-bond acceptors (Lipinski definition) is 7. The minimum atomic E-state index is -3.90. The Labute approximate surface area is 227 Å². The van der Waals surface area contributed by atoms with Crippen molar-refractivity contribution in [3.05, 3.63) is 65.6 Å². The highest BCUT2D eigenvalue weighted by Crippen LogP contribution is 2.35. The predicted molar refractivity (Wildman–Crippen MR) is 148 cm³/mol. The molecule has 5 rings (SSSR count). The van der Waals surface area contributed by atoms with Crippen LogP contribution in [0.4, 0.5) is 5.69 Å². The van der Waals surface area contributed by atoms with Crippen LogP contribution in [0.25, 0.3) is 16.8 Å². The van der Waals surface area contributed by atoms with Crippen molar-refractivity contribution in [3.63, 3.8) is 0 Å². The van der Waals surface area contributed by atoms with Crippen molar-refractivity contribution in [3.8, 4) is 22.6 Å². The molecule has 1 amide bonds. The molecule has 0 bridgehead atoms. The van der Waals surface area contributed by atoms with Gasteiger partial charge in [0.1, 0.15) is 16.4 Å². The predicted octanol–water partition coefficient (Wildman–Crippen LogP) is 4.50. The Bertz CT molecular complexity index is 1660. The summed E-state index contributed by atoms with van der Waals surface area (Å²) < 4.78 is 42.0. The number of carbonyl (C=O) groups excluding carboxylic acids is 1. The third-order valence-corrected chi connectivity index (χ3v) is 8.40. The third-order valence-electron chi connectivity index (χ3n) is 6.86. The smallest absolute Gasteiger partial charge is 0.276 e. The molecule has 0 atom stereocenters. The Morgan fingerprint density at radius 1 is 1.03 bits per heavy atom. The molecule has 39 heavy (non-hydrogen) atoms. The molecule has 4 aromatic rings. The van der Waals surface area contributed by atoms with E-state index in [9.17, 15) is 13.2 Å². The summed E-state index contributed by atoms with van der Waals surface area (Å²) in [6.45, 7) is 3.73. The maximum absolute atomic E-state index is 13.6. The molecule has 0 spiro atoms. The van der Waals surface area contributed by atoms with Crippen LogP contribution in [0.2, 0.25) is 0 Å². The van der Waals surface area contributed by atoms with Gasteiger partial charge in [0.05, 0.1) is 19.8 Å². The monoisotopic (exact) mass is 549 g/mol. The molecule has 204 valence electrons. The second-order valence-corrected chi connectivity index (χ2v) is 11.3. The molecule has 0 unspecified atom stereocenters. The lowest BCUT2D eigenvalue weighted by molar-refractivity contribution is 0.102. The summed E-state index contributed by atoms with van der Waals surface area (Å²) in [4.78, 5) is 18.3. The van der Waals surface area contributed by atoms with E-state index in [0.29, 0.717) is 28.2 Å². The van der Waals surface area contributed by atoms with Gasteiger partial charge in [0.2, 0.25) is 10.0 Å². The highest BCUT2D eigenvalue weighted by Gasteiger charge is 2.29. The van der Waals surface area contributed by atoms with E-state index in [0.717, 1.165) is 37.1 Å². The van der Waals surface area contributed by atoms with Crippen molar-refractivity contribution in [2.24, 2.45) is 0 Å². The summed E-state index contributed by atoms with van der Waals surface area (Å²) in [5, 5.41) is 7.48. The van der Waals surface area contributed by atoms with Crippen molar-refractivity contribution in [2.75, 3.05) is 19.5 Å². The molecule has 2 aromatic carbocycles. The van der Waals surface area contributed by atoms with Crippen LogP contribution in [0.3, 0.4) is 0 Å². The van der Waals surface area contributed by atoms with Gasteiger partial charge in [0, 0.05) is 29.2 Å². The highest BCUT2D eigenvalue weighted by molar-refractivity contribution is 7.89. The topological polar surface area (TPSA) is 124 Å². The molecule has 0 aliphatic heterocycles. The van der Waals surface area contributed by atoms with Crippen molar-refractivity contribution in [1.29, 1.82) is 0 Å². The van der Waals surface area contributed by atoms with Gasteiger partial charge < -0.3 is 14.8 Å². The minimum absolute atomic E-state index is 0.00252. The average Bonchev–Trinajstić information content (AvgIpc) is 3.56. The maximum Gasteiger partial charge on any atom is 0.276 e. The van der Waals surface area contributed by atoms with Crippen LogP contribution in [0, 0.1) is 13.8 Å². The number of anilines is 1. The zero-order chi connectivity index (χ0) is 27.7. The summed E-state index contributed by atoms with van der Waals surface area (Å²) in [6, 6.07) is 13.6. The molecule has 2 aromatic heterocycles. The first-order valence-corrected chi connectivity index (χ1v) is 14.2. The number of nitrogens with one attached hydrogen (secondary N) is 2. The lowest BCUT2D eigenvalue weighted by Gasteiger charge is -2.16. The number of methoxy groups -OCH3 is 2. The summed E-state index contributed by atoms with van der Waals surface area (Å²) in [5.74, 6) is 0.337. The van der Waals surface area contributed by atoms with E-state index in [1.165, 1.54) is 13.2 Å². The molecular weight excluding hydrogens is 518 g/mol. The van der Waals surface area contributed by atoms with Crippen LogP contribution in [0.15, 0.2) is 53.4 Å². The first-order valence-electron chi connectivity index (χ1n) is 12.7. The second-order valence-electron chi connectivity index (χ2n) is 9.65. The number of aromatic nitrogens is 3. The fourth-order valence-electron chi connectivity index (χ4n) is 5.01. The number of hydrogen-bond donors (Lipinski definition) is 2. The van der Waals surface area contributed by atoms with Crippen LogP contribution >= 0.6 is 0 Å². The van der Waals surface area contributed by atoms with Crippen LogP contribution < -0.4 is 19.5 Å². The van der Waals surface area contributed by atoms with Crippen LogP contribution in [-0.2, 0) is 10.0 Å². The van der Waals surface area contributed by atoms with E-state index < -0.39 is 15.9 Å². The largest absolute Gasteiger partial charge is 0.497 e. The zero-order valence-corrected chi connectivity index (χ0v) is 23.1. The van der Waals surface area contributed by atoms with E-state index in [4.69, 9.17) is 9.47 Å². The number of fused-ring (bicyclic) bond motifs is 1. The van der Waals surface area contributed by atoms with E-state index in [1.54, 1.807) is 48.0 Å². The van der Waals surface area contributed by atoms with Gasteiger partial charge >= 0.3 is 0 Å². The Kier molecular flexibility index (Phi) is 7.28. The number of benzene rings is 2. The van der Waals surface area contributed by atoms with Gasteiger partial charge in [-0.1, -0.05) is 25.0 Å². The maximum atomic E-state index is 13.6. The van der Waals surface area contributed by atoms with Crippen molar-refractivity contribution < 1.29 is 22.7 Å². The molecule has 2 N–H and O–H groups in total. The van der Waals surface area contributed by atoms with E-state index >= 15 is 0 Å². The molecule has 10 nitrogen and oxygen atoms in total. The molecule has 11 heteroatoms. The Hall–Kier alpha value is -3.96. The summed E-state index contributed by atoms with van der Waals surface area (Å²) in [7, 11) is -0.915. The average molecular weight is 550 g/mol. The van der Waals surface area contributed by atoms with Crippen molar-refractivity contribution in [1.82, 2.24) is 19.3 Å². The molecule has 1 aliphatic rings. The number of carbonyl (C=O) groups is 1. The Balaban J connectivity index is 1.65. The number of aryl methyl sites for hydroxylation is 2. The van der Waals surface area contributed by atoms with Gasteiger partial charge in [-0.05, 0) is 62.6 Å². The standard InChI is InChI=1S/C28H31N5O5S/c1-17-14-18(2)33-27(29-17)25(26(31-33)28(34)30-21-10-7-11-22(16-21)37-3)19-12-13-23(38-4)24(15-19)39(35,36)32-20-8-5-6-9-20/h7,10-16,20,32H,5-6,8-9H2,1-4H3,(H,30,34). The van der Waals surface area contributed by atoms with Crippen molar-refractivity contribution in [2.45, 2.75) is 50.5 Å². The van der Waals surface area contributed by atoms with Gasteiger partial charge in [-0.3, -0.25) is 4.79 Å². The normalized spacial score (nSPS) is 14.1. The quantitative estimate of drug-likeness (QED) is 0.332. The molecule has 0 radical (unpaired) electrons. The minimum Gasteiger partial charge on any atom is -0.497 e. The Morgan fingerprint density at radius 2 is 1.79 bits per heavy atom. The summed E-state index contributed by atoms with van der Waals surface area (Å²) in [5.41, 5.74) is 3.50. The van der Waals surface area contributed by atoms with Gasteiger partial charge in [-0.25, -0.2) is 22.6 Å². The van der Waals surface area contributed by atoms with Gasteiger partial charge in [-0.15, -0.1) is 0 Å². The lowest BCUT2D eigenvalue weighted by atomic mass is 10.0. The summed E-state index contributed by atoms with van der Waals surface area (Å²) in [6.07, 6.45) is 3.57. The van der Waals surface area contributed by atoms with Crippen LogP contribution in [-0.4, -0.2) is 49.2 Å². The molecular formula is C28H31N5O5S. The fourth-order valence-corrected chi connectivity index (χ4v) is 6.51. The molecule has 1 saturated carbocycles. The number of sulfonamides is 1. The van der Waals surface area contributed by atoms with Gasteiger partial charge in [0.25, 0.3) is 5.91 Å². The van der Waals surface area contributed by atoms with E-state index in [-0.39, 0.29) is 22.4 Å². The van der Waals surface area contributed by atoms with E-state index in [2.05, 4.69) is 20.1 Å². The second kappa shape index (κ2) is 10.7. The molecule has 2 heterocycles. The number of nitrogens with zero attached hydrogens (tertiary/aromatic N) is 3. The SMILES string of the molecule is COc1cccc(NC(=O)c2nn3c(C)cc(C)nc3c2-c2ccc(OC)c(S(=O)(=O)NC3CCCC3)c2)c1. The van der Waals surface area contributed by atoms with Crippen LogP contribution in [0.1, 0.15) is 47.6 Å². The Morgan fingerprint density at radius 3 is 2.51 bits per heavy atom. The summed E-state index contributed by atoms with van der Waals surface area (Å²) >= 11 is 0. The first-order chi connectivity index (χ1) is 18.7. The molecule has 1 fully saturated rings. The third kappa shape index (κ3) is 5.32. The lowest BCUT2D eigenvalue weighted by Crippen LogP contribution is -2.32. The first kappa shape index (κ1) is 26.6. The molecule has 0 saturated heterocycles. The molecule has 1 aliphatic carbocycles. The van der Waals surface area contributed by atoms with E-state index in [1.807, 2.05) is 19.9 Å².